The summed E-state index contributed by atoms with van der Waals surface area (Å²) in [5, 5.41) is 332. The van der Waals surface area contributed by atoms with Gasteiger partial charge in [0.25, 0.3) is 0 Å². The zero-order chi connectivity index (χ0) is 65.7. The van der Waals surface area contributed by atoms with Gasteiger partial charge in [-0.3, -0.25) is 0 Å². The minimum atomic E-state index is -1.22. The Morgan fingerprint density at radius 2 is 0.113 bits per heavy atom. The van der Waals surface area contributed by atoms with Gasteiger partial charge in [-0.2, -0.15) is 0 Å². The van der Waals surface area contributed by atoms with Crippen LogP contribution in [0.3, 0.4) is 0 Å². The van der Waals surface area contributed by atoms with E-state index < -0.39 is 254 Å². The summed E-state index contributed by atoms with van der Waals surface area (Å²) in [6.45, 7) is -10.5. The molecule has 0 rings (SSSR count). The van der Waals surface area contributed by atoms with Crippen molar-refractivity contribution in [3.8, 4) is 0 Å². The third-order valence-corrected chi connectivity index (χ3v) is 8.18. The minimum Gasteiger partial charge on any atom is -0.394 e. The van der Waals surface area contributed by atoms with Crippen molar-refractivity contribution >= 4 is 0 Å². The summed E-state index contributed by atoms with van der Waals surface area (Å²) in [4.78, 5) is 0. The van der Waals surface area contributed by atoms with Gasteiger partial charge in [0.05, 0.1) is 132 Å². The van der Waals surface area contributed by atoms with Crippen LogP contribution in [0.5, 0.6) is 0 Å². The van der Waals surface area contributed by atoms with Gasteiger partial charge in [0.2, 0.25) is 0 Å². The molecule has 0 aromatic heterocycles. The van der Waals surface area contributed by atoms with Gasteiger partial charge in [-0.1, -0.05) is 0 Å². The van der Waals surface area contributed by atoms with Crippen molar-refractivity contribution in [3.05, 3.63) is 0 Å². The molecule has 20 atom stereocenters. The highest BCUT2D eigenvalue weighted by molar-refractivity contribution is 4.67. The van der Waals surface area contributed by atoms with Crippen molar-refractivity contribution in [1.82, 2.24) is 0 Å². The summed E-state index contributed by atoms with van der Waals surface area (Å²) < 4.78 is 0. The molecular weight excluding hydrogens is 1120 g/mol. The second-order valence-corrected chi connectivity index (χ2v) is 15.0. The molecule has 0 unspecified atom stereocenters. The molecule has 0 saturated carbocycles. The van der Waals surface area contributed by atoms with Crippen LogP contribution in [-0.4, -0.2) is 458 Å². The lowest BCUT2D eigenvalue weighted by molar-refractivity contribution is -0.0388. The Morgan fingerprint density at radius 1 is 0.0875 bits per heavy atom. The van der Waals surface area contributed by atoms with E-state index in [0.717, 1.165) is 0 Å². The van der Waals surface area contributed by atoms with Gasteiger partial charge in [-0.25, -0.2) is 0 Å². The van der Waals surface area contributed by atoms with Crippen LogP contribution in [0, 0.1) is 0 Å². The fraction of sp³-hybridized carbons (Fsp3) is 1.00. The molecule has 0 bridgehead atoms. The quantitative estimate of drug-likeness (QED) is 0.0318. The van der Waals surface area contributed by atoms with Crippen LogP contribution in [0.1, 0.15) is 0 Å². The molecule has 0 aliphatic rings. The maximum atomic E-state index is 8.47. The van der Waals surface area contributed by atoms with Gasteiger partial charge in [0, 0.05) is 0 Å². The predicted octanol–water partition coefficient (Wildman–Crippen LogP) is -23.1. The highest BCUT2D eigenvalue weighted by Crippen LogP contribution is 1.94. The standard InChI is InChI=1S/10C4H10O4/c10*5-1-3(7)4(8)2-6/h10*3-8H,1-2H2/t10*3-,4+. The zero-order valence-electron chi connectivity index (χ0n) is 43.6. The summed E-state index contributed by atoms with van der Waals surface area (Å²) in [5.41, 5.74) is 0. The van der Waals surface area contributed by atoms with Crippen LogP contribution in [0.4, 0.5) is 0 Å². The summed E-state index contributed by atoms with van der Waals surface area (Å²) in [6, 6.07) is 0. The monoisotopic (exact) mass is 1220 g/mol. The molecule has 0 aliphatic carbocycles. The molecule has 0 heterocycles. The average molecular weight is 1220 g/mol. The Labute approximate surface area is 458 Å². The van der Waals surface area contributed by atoms with Crippen molar-refractivity contribution in [1.29, 1.82) is 0 Å². The zero-order valence-corrected chi connectivity index (χ0v) is 43.6. The molecule has 40 heteroatoms. The highest BCUT2D eigenvalue weighted by atomic mass is 16.4. The summed E-state index contributed by atoms with van der Waals surface area (Å²) in [5.74, 6) is 0. The van der Waals surface area contributed by atoms with Gasteiger partial charge in [0.1, 0.15) is 122 Å². The number of hydrogen-bond donors (Lipinski definition) is 40. The topological polar surface area (TPSA) is 809 Å². The Balaban J connectivity index is -0.0000000851. The maximum Gasteiger partial charge on any atom is 0.105 e. The molecule has 80 heavy (non-hydrogen) atoms. The van der Waals surface area contributed by atoms with E-state index >= 15 is 0 Å². The number of rotatable bonds is 30. The fourth-order valence-corrected chi connectivity index (χ4v) is 2.43. The average Bonchev–Trinajstić information content (AvgIpc) is 3.51. The smallest absolute Gasteiger partial charge is 0.105 e. The molecular formula is C40H100O40. The van der Waals surface area contributed by atoms with Crippen LogP contribution < -0.4 is 0 Å². The van der Waals surface area contributed by atoms with E-state index in [2.05, 4.69) is 0 Å². The lowest BCUT2D eigenvalue weighted by Gasteiger charge is -2.10. The first-order chi connectivity index (χ1) is 37.2. The second-order valence-electron chi connectivity index (χ2n) is 15.0. The first-order valence-corrected chi connectivity index (χ1v) is 23.0. The van der Waals surface area contributed by atoms with Crippen LogP contribution in [0.15, 0.2) is 0 Å². The summed E-state index contributed by atoms with van der Waals surface area (Å²) in [7, 11) is 0. The molecule has 0 amide bonds. The van der Waals surface area contributed by atoms with Crippen molar-refractivity contribution in [2.24, 2.45) is 0 Å². The van der Waals surface area contributed by atoms with Crippen molar-refractivity contribution in [2.75, 3.05) is 132 Å². The van der Waals surface area contributed by atoms with Gasteiger partial charge in [-0.05, 0) is 0 Å². The van der Waals surface area contributed by atoms with Crippen LogP contribution >= 0.6 is 0 Å². The molecule has 0 radical (unpaired) electrons. The largest absolute Gasteiger partial charge is 0.394 e. The first kappa shape index (κ1) is 100. The van der Waals surface area contributed by atoms with Gasteiger partial charge >= 0.3 is 0 Å². The van der Waals surface area contributed by atoms with Crippen molar-refractivity contribution in [3.63, 3.8) is 0 Å². The molecule has 0 aromatic carbocycles. The second kappa shape index (κ2) is 73.5. The van der Waals surface area contributed by atoms with Gasteiger partial charge in [-0.15, -0.1) is 0 Å². The first-order valence-electron chi connectivity index (χ1n) is 23.0. The van der Waals surface area contributed by atoms with Crippen LogP contribution in [0.25, 0.3) is 0 Å². The molecule has 0 spiro atoms. The fourth-order valence-electron chi connectivity index (χ4n) is 2.43. The molecule has 0 aromatic rings. The molecule has 40 nitrogen and oxygen atoms in total. The highest BCUT2D eigenvalue weighted by Gasteiger charge is 2.17. The van der Waals surface area contributed by atoms with E-state index in [1.54, 1.807) is 0 Å². The van der Waals surface area contributed by atoms with Crippen LogP contribution in [0.2, 0.25) is 0 Å². The number of aliphatic hydroxyl groups excluding tert-OH is 40. The van der Waals surface area contributed by atoms with Gasteiger partial charge in [0.15, 0.2) is 0 Å². The van der Waals surface area contributed by atoms with Crippen LogP contribution in [-0.2, 0) is 0 Å². The van der Waals surface area contributed by atoms with E-state index in [9.17, 15) is 0 Å². The van der Waals surface area contributed by atoms with Crippen molar-refractivity contribution < 1.29 is 204 Å². The van der Waals surface area contributed by atoms with E-state index in [1.807, 2.05) is 0 Å². The van der Waals surface area contributed by atoms with Crippen molar-refractivity contribution in [2.45, 2.75) is 122 Å². The molecule has 0 saturated heterocycles. The SMILES string of the molecule is OC[C@@H](O)[C@@H](O)CO.OC[C@@H](O)[C@@H](O)CO.OC[C@@H](O)[C@@H](O)CO.OC[C@@H](O)[C@@H](O)CO.OC[C@@H](O)[C@@H](O)CO.OC[C@@H](O)[C@@H](O)CO.OC[C@@H](O)[C@@H](O)CO.OC[C@@H](O)[C@@H](O)CO.OC[C@@H](O)[C@@H](O)CO.OC[C@@H](O)[C@@H](O)CO. The normalized spacial score (nSPS) is 18.0. The third-order valence-electron chi connectivity index (χ3n) is 8.18. The lowest BCUT2D eigenvalue weighted by atomic mass is 10.2. The molecule has 500 valence electrons. The summed E-state index contributed by atoms with van der Waals surface area (Å²) >= 11 is 0. The molecule has 0 fully saturated rings. The molecule has 0 aliphatic heterocycles. The third kappa shape index (κ3) is 70.7. The Morgan fingerprint density at radius 3 is 0.125 bits per heavy atom. The Kier molecular flexibility index (Phi) is 92.2. The Hall–Kier alpha value is -1.60. The minimum absolute atomic E-state index is 0.526. The number of aliphatic hydroxyl groups is 40. The van der Waals surface area contributed by atoms with E-state index in [-0.39, 0.29) is 0 Å². The molecule has 40 N–H and O–H groups in total. The number of hydrogen-bond acceptors (Lipinski definition) is 40. The van der Waals surface area contributed by atoms with E-state index in [0.29, 0.717) is 0 Å². The van der Waals surface area contributed by atoms with E-state index in [1.165, 1.54) is 0 Å². The Bertz CT molecular complexity index is 746. The summed E-state index contributed by atoms with van der Waals surface area (Å²) in [6.07, 6.45) is -24.4. The maximum absolute atomic E-state index is 8.47. The van der Waals surface area contributed by atoms with Gasteiger partial charge < -0.3 is 204 Å². The predicted molar refractivity (Wildman–Crippen MR) is 262 cm³/mol. The van der Waals surface area contributed by atoms with E-state index in [4.69, 9.17) is 204 Å². The lowest BCUT2D eigenvalue weighted by Crippen LogP contribution is -2.31.